The van der Waals surface area contributed by atoms with Crippen LogP contribution in [-0.4, -0.2) is 23.8 Å². The number of esters is 1. The molecule has 75 heavy (non-hydrogen) atoms. The number of nitro benzene ring substituents is 1. The first-order valence-corrected chi connectivity index (χ1v) is 30.4. The summed E-state index contributed by atoms with van der Waals surface area (Å²) in [5.74, 6) is -0.344. The summed E-state index contributed by atoms with van der Waals surface area (Å²) in [5, 5.41) is 19.3. The summed E-state index contributed by atoms with van der Waals surface area (Å²) < 4.78 is 62.3. The lowest BCUT2D eigenvalue weighted by molar-refractivity contribution is -0.384. The first-order chi connectivity index (χ1) is 35.3. The highest BCUT2D eigenvalue weighted by atomic mass is 127. The molecule has 0 aliphatic rings. The van der Waals surface area contributed by atoms with Crippen molar-refractivity contribution in [2.45, 2.75) is 13.1 Å². The minimum atomic E-state index is -4.22. The van der Waals surface area contributed by atoms with Crippen molar-refractivity contribution in [3.63, 3.8) is 0 Å². The molecule has 0 aliphatic carbocycles. The molecule has 8 aromatic rings. The van der Waals surface area contributed by atoms with Gasteiger partial charge in [0.2, 0.25) is 0 Å². The molecule has 8 aromatic carbocycles. The third-order valence-corrected chi connectivity index (χ3v) is 14.6. The summed E-state index contributed by atoms with van der Waals surface area (Å²) in [6.07, 6.45) is -4.22. The van der Waals surface area contributed by atoms with Crippen LogP contribution < -0.4 is 0 Å². The van der Waals surface area contributed by atoms with Gasteiger partial charge in [0.15, 0.2) is 5.78 Å². The van der Waals surface area contributed by atoms with Crippen molar-refractivity contribution < 1.29 is 36.8 Å². The van der Waals surface area contributed by atoms with Crippen LogP contribution in [0, 0.1) is 55.8 Å². The Labute approximate surface area is 555 Å². The maximum atomic E-state index is 12.1. The highest BCUT2D eigenvalue weighted by Crippen LogP contribution is 2.29. The van der Waals surface area contributed by atoms with Gasteiger partial charge in [-0.1, -0.05) is 39.7 Å². The largest absolute Gasteiger partial charge is 0.465 e. The molecule has 0 amide bonds. The lowest BCUT2D eigenvalue weighted by Crippen LogP contribution is -2.03. The van der Waals surface area contributed by atoms with Crippen LogP contribution in [0.5, 0.6) is 0 Å². The van der Waals surface area contributed by atoms with Gasteiger partial charge >= 0.3 is 12.1 Å². The standard InChI is InChI=1S/C8H7IO2.C8H7IO.C7H4F3I.C7H4IN.C6H4BrI.C6H4ClI.C6H4FI.C6H4INO2/c1-11-8(10)6-2-4-7(9)5-3-6;1-6(10)7-2-4-8(9)5-3-7;8-7(9,10)5-1-3-6(11)4-2-5;8-7-3-1-6(5-9)2-4-7;3*7-5-1-3-6(8)4-2-5;7-5-1-3-6(4-2-5)8(9)10/h2-5H,1H3;2-5H,1H3;1-4H;1-4H;3*1-4H;1-4H. The zero-order valence-corrected chi connectivity index (χ0v) is 58.3. The van der Waals surface area contributed by atoms with Crippen LogP contribution in [0.3, 0.4) is 0 Å². The van der Waals surface area contributed by atoms with Crippen molar-refractivity contribution in [1.82, 2.24) is 0 Å². The van der Waals surface area contributed by atoms with Crippen LogP contribution in [0.4, 0.5) is 23.2 Å². The van der Waals surface area contributed by atoms with Crippen LogP contribution >= 0.6 is 208 Å². The molecule has 21 heteroatoms. The molecule has 0 atom stereocenters. The molecule has 0 unspecified atom stereocenters. The normalized spacial score (nSPS) is 9.53. The predicted molar refractivity (Wildman–Crippen MR) is 364 cm³/mol. The zero-order valence-electron chi connectivity index (χ0n) is 38.7. The fourth-order valence-electron chi connectivity index (χ4n) is 4.40. The fraction of sp³-hybridized carbons (Fsp3) is 0.0556. The van der Waals surface area contributed by atoms with E-state index >= 15 is 0 Å². The number of ether oxygens (including phenoxy) is 1. The van der Waals surface area contributed by atoms with Gasteiger partial charge in [-0.25, -0.2) is 9.18 Å². The number of carbonyl (C=O) groups is 2. The highest BCUT2D eigenvalue weighted by Gasteiger charge is 2.29. The quantitative estimate of drug-likeness (QED) is 0.0435. The van der Waals surface area contributed by atoms with Crippen LogP contribution in [-0.2, 0) is 10.9 Å². The second-order valence-electron chi connectivity index (χ2n) is 13.7. The molecule has 392 valence electrons. The average Bonchev–Trinajstić information content (AvgIpc) is 3.38. The van der Waals surface area contributed by atoms with Gasteiger partial charge < -0.3 is 4.74 Å². The Morgan fingerprint density at radius 3 is 1.15 bits per heavy atom. The van der Waals surface area contributed by atoms with Gasteiger partial charge in [0.05, 0.1) is 34.8 Å². The van der Waals surface area contributed by atoms with Gasteiger partial charge in [-0.2, -0.15) is 18.4 Å². The number of non-ortho nitro benzene ring substituents is 1. The van der Waals surface area contributed by atoms with E-state index in [1.165, 1.54) is 50.6 Å². The monoisotopic (exact) mass is 2000 g/mol. The maximum Gasteiger partial charge on any atom is 0.416 e. The average molecular weight is 2000 g/mol. The predicted octanol–water partition coefficient (Wildman–Crippen LogP) is 20.7. The van der Waals surface area contributed by atoms with Crippen molar-refractivity contribution >= 4 is 226 Å². The van der Waals surface area contributed by atoms with Gasteiger partial charge in [0, 0.05) is 55.8 Å². The number of alkyl halides is 3. The molecule has 0 saturated heterocycles. The molecule has 8 rings (SSSR count). The molecule has 0 heterocycles. The molecular formula is C54H38BrClF4I8N2O5. The van der Waals surface area contributed by atoms with E-state index in [4.69, 9.17) is 16.9 Å². The van der Waals surface area contributed by atoms with Crippen molar-refractivity contribution in [3.05, 3.63) is 270 Å². The summed E-state index contributed by atoms with van der Waals surface area (Å²) in [6.45, 7) is 1.57. The first-order valence-electron chi connectivity index (χ1n) is 20.5. The third kappa shape index (κ3) is 35.4. The Balaban J connectivity index is 0.000000430. The molecule has 7 nitrogen and oxygen atoms in total. The molecule has 0 N–H and O–H groups in total. The fourth-order valence-corrected chi connectivity index (χ4v) is 7.67. The highest BCUT2D eigenvalue weighted by molar-refractivity contribution is 14.1. The maximum absolute atomic E-state index is 12.1. The minimum absolute atomic E-state index is 0.122. The van der Waals surface area contributed by atoms with Crippen molar-refractivity contribution in [1.29, 1.82) is 5.26 Å². The van der Waals surface area contributed by atoms with E-state index in [1.807, 2.05) is 120 Å². The topological polar surface area (TPSA) is 110 Å². The van der Waals surface area contributed by atoms with Crippen LogP contribution in [0.15, 0.2) is 199 Å². The summed E-state index contributed by atoms with van der Waals surface area (Å²) >= 11 is 26.2. The van der Waals surface area contributed by atoms with E-state index in [9.17, 15) is 37.3 Å². The van der Waals surface area contributed by atoms with E-state index in [0.29, 0.717) is 5.56 Å². The molecule has 0 bridgehead atoms. The number of benzene rings is 8. The number of halogens is 14. The third-order valence-electron chi connectivity index (χ3n) is 8.11. The van der Waals surface area contributed by atoms with E-state index in [2.05, 4.69) is 197 Å². The number of hydrogen-bond acceptors (Lipinski definition) is 6. The summed E-state index contributed by atoms with van der Waals surface area (Å²) in [6, 6.07) is 57.9. The lowest BCUT2D eigenvalue weighted by atomic mass is 10.2. The van der Waals surface area contributed by atoms with Gasteiger partial charge in [-0.3, -0.25) is 14.9 Å². The molecule has 0 saturated carbocycles. The first kappa shape index (κ1) is 71.1. The number of Topliss-reactive ketones (excluding diaryl/α,β-unsaturated/α-hetero) is 1. The van der Waals surface area contributed by atoms with Gasteiger partial charge in [-0.15, -0.1) is 0 Å². The van der Waals surface area contributed by atoms with Crippen LogP contribution in [0.2, 0.25) is 5.02 Å². The number of nitriles is 1. The van der Waals surface area contributed by atoms with Crippen molar-refractivity contribution in [3.8, 4) is 6.07 Å². The molecule has 0 spiro atoms. The smallest absolute Gasteiger partial charge is 0.416 e. The number of ketones is 1. The number of rotatable bonds is 3. The van der Waals surface area contributed by atoms with E-state index in [0.717, 1.165) is 54.2 Å². The SMILES string of the molecule is Brc1ccc(I)cc1.CC(=O)c1ccc(I)cc1.COC(=O)c1ccc(I)cc1.Clc1ccc(I)cc1.FC(F)(F)c1ccc(I)cc1.Fc1ccc(I)cc1.N#Cc1ccc(I)cc1.O=[N+]([O-])c1ccc(I)cc1. The summed E-state index contributed by atoms with van der Waals surface area (Å²) in [4.78, 5) is 31.4. The Hall–Kier alpha value is -1.88. The summed E-state index contributed by atoms with van der Waals surface area (Å²) in [5.41, 5.74) is 1.63. The van der Waals surface area contributed by atoms with E-state index < -0.39 is 16.7 Å². The van der Waals surface area contributed by atoms with Crippen molar-refractivity contribution in [2.24, 2.45) is 0 Å². The lowest BCUT2D eigenvalue weighted by Gasteiger charge is -2.04. The van der Waals surface area contributed by atoms with E-state index in [1.54, 1.807) is 43.3 Å². The molecule has 0 aliphatic heterocycles. The van der Waals surface area contributed by atoms with Gasteiger partial charge in [0.25, 0.3) is 5.69 Å². The summed E-state index contributed by atoms with van der Waals surface area (Å²) in [7, 11) is 1.38. The Bertz CT molecular complexity index is 2740. The van der Waals surface area contributed by atoms with Gasteiger partial charge in [0.1, 0.15) is 5.82 Å². The number of hydrogen-bond donors (Lipinski definition) is 0. The second kappa shape index (κ2) is 40.3. The molecule has 0 radical (unpaired) electrons. The number of nitrogens with zero attached hydrogens (tertiary/aromatic N) is 2. The van der Waals surface area contributed by atoms with Crippen molar-refractivity contribution in [2.75, 3.05) is 7.11 Å². The Morgan fingerprint density at radius 1 is 0.547 bits per heavy atom. The van der Waals surface area contributed by atoms with E-state index in [-0.39, 0.29) is 23.3 Å². The number of methoxy groups -OCH3 is 1. The Kier molecular flexibility index (Phi) is 38.2. The molecule has 0 aromatic heterocycles. The second-order valence-corrected chi connectivity index (χ2v) is 25.0. The van der Waals surface area contributed by atoms with Crippen LogP contribution in [0.1, 0.15) is 38.8 Å². The molecule has 0 fully saturated rings. The van der Waals surface area contributed by atoms with Crippen LogP contribution in [0.25, 0.3) is 0 Å². The molecular weight excluding hydrogens is 1960 g/mol. The number of nitro groups is 1. The zero-order chi connectivity index (χ0) is 56.5. The Morgan fingerprint density at radius 2 is 0.853 bits per heavy atom. The number of carbonyl (C=O) groups excluding carboxylic acids is 2. The van der Waals surface area contributed by atoms with Gasteiger partial charge in [-0.05, 0) is 358 Å². The minimum Gasteiger partial charge on any atom is -0.465 e.